The third-order valence-electron chi connectivity index (χ3n) is 4.64. The zero-order valence-corrected chi connectivity index (χ0v) is 12.9. The van der Waals surface area contributed by atoms with Crippen molar-refractivity contribution < 1.29 is 17.6 Å². The maximum absolute atomic E-state index is 14.8. The SMILES string of the molecule is CCCC1CCc2c(cc(F)c(-c3cccc(F)c3F)c2F)C1. The molecule has 0 saturated carbocycles. The van der Waals surface area contributed by atoms with E-state index in [4.69, 9.17) is 0 Å². The zero-order chi connectivity index (χ0) is 16.6. The molecule has 0 aliphatic heterocycles. The van der Waals surface area contributed by atoms with Gasteiger partial charge in [-0.25, -0.2) is 17.6 Å². The van der Waals surface area contributed by atoms with Gasteiger partial charge in [-0.15, -0.1) is 0 Å². The van der Waals surface area contributed by atoms with Crippen LogP contribution in [0.1, 0.15) is 37.3 Å². The molecule has 0 N–H and O–H groups in total. The number of hydrogen-bond donors (Lipinski definition) is 0. The van der Waals surface area contributed by atoms with Crippen LogP contribution >= 0.6 is 0 Å². The number of rotatable bonds is 3. The van der Waals surface area contributed by atoms with Crippen molar-refractivity contribution in [3.63, 3.8) is 0 Å². The van der Waals surface area contributed by atoms with Gasteiger partial charge >= 0.3 is 0 Å². The van der Waals surface area contributed by atoms with E-state index < -0.39 is 28.8 Å². The van der Waals surface area contributed by atoms with Crippen LogP contribution in [0.2, 0.25) is 0 Å². The smallest absolute Gasteiger partial charge is 0.166 e. The van der Waals surface area contributed by atoms with Gasteiger partial charge in [-0.3, -0.25) is 0 Å². The summed E-state index contributed by atoms with van der Waals surface area (Å²) < 4.78 is 56.5. The molecule has 0 spiro atoms. The van der Waals surface area contributed by atoms with E-state index in [0.717, 1.165) is 25.3 Å². The zero-order valence-electron chi connectivity index (χ0n) is 12.9. The fourth-order valence-corrected chi connectivity index (χ4v) is 3.52. The number of halogens is 4. The molecule has 2 aromatic rings. The first kappa shape index (κ1) is 16.0. The Balaban J connectivity index is 2.10. The molecule has 23 heavy (non-hydrogen) atoms. The maximum Gasteiger partial charge on any atom is 0.166 e. The minimum atomic E-state index is -1.22. The Labute approximate surface area is 133 Å². The highest BCUT2D eigenvalue weighted by atomic mass is 19.2. The topological polar surface area (TPSA) is 0 Å². The van der Waals surface area contributed by atoms with E-state index in [1.807, 2.05) is 0 Å². The van der Waals surface area contributed by atoms with Gasteiger partial charge in [-0.2, -0.15) is 0 Å². The Bertz CT molecular complexity index is 737. The Morgan fingerprint density at radius 1 is 1.04 bits per heavy atom. The van der Waals surface area contributed by atoms with Gasteiger partial charge < -0.3 is 0 Å². The lowest BCUT2D eigenvalue weighted by molar-refractivity contribution is 0.412. The van der Waals surface area contributed by atoms with E-state index in [9.17, 15) is 17.6 Å². The molecule has 1 aliphatic rings. The second-order valence-corrected chi connectivity index (χ2v) is 6.18. The third-order valence-corrected chi connectivity index (χ3v) is 4.64. The van der Waals surface area contributed by atoms with Crippen LogP contribution in [0.15, 0.2) is 24.3 Å². The summed E-state index contributed by atoms with van der Waals surface area (Å²) in [4.78, 5) is 0. The summed E-state index contributed by atoms with van der Waals surface area (Å²) in [5, 5.41) is 0. The molecule has 1 atom stereocenters. The van der Waals surface area contributed by atoms with Crippen LogP contribution in [0, 0.1) is 29.2 Å². The van der Waals surface area contributed by atoms with Crippen LogP contribution in [0.4, 0.5) is 17.6 Å². The predicted molar refractivity (Wildman–Crippen MR) is 82.1 cm³/mol. The first-order valence-corrected chi connectivity index (χ1v) is 7.97. The molecule has 0 bridgehead atoms. The lowest BCUT2D eigenvalue weighted by Crippen LogP contribution is -2.17. The lowest BCUT2D eigenvalue weighted by Gasteiger charge is -2.26. The van der Waals surface area contributed by atoms with Crippen LogP contribution in [-0.2, 0) is 12.8 Å². The average molecular weight is 322 g/mol. The molecule has 0 fully saturated rings. The molecule has 0 saturated heterocycles. The molecule has 0 aromatic heterocycles. The van der Waals surface area contributed by atoms with Crippen molar-refractivity contribution in [3.8, 4) is 11.1 Å². The van der Waals surface area contributed by atoms with Gasteiger partial charge in [-0.1, -0.05) is 31.9 Å². The molecule has 0 radical (unpaired) electrons. The summed E-state index contributed by atoms with van der Waals surface area (Å²) in [5.74, 6) is -3.47. The van der Waals surface area contributed by atoms with E-state index in [-0.39, 0.29) is 5.56 Å². The quantitative estimate of drug-likeness (QED) is 0.625. The van der Waals surface area contributed by atoms with Crippen LogP contribution < -0.4 is 0 Å². The standard InChI is InChI=1S/C19H18F4/c1-2-4-11-7-8-13-12(9-11)10-16(21)17(19(13)23)14-5-3-6-15(20)18(14)22/h3,5-6,10-11H,2,4,7-9H2,1H3. The lowest BCUT2D eigenvalue weighted by atomic mass is 9.80. The maximum atomic E-state index is 14.8. The van der Waals surface area contributed by atoms with E-state index in [1.165, 1.54) is 18.2 Å². The van der Waals surface area contributed by atoms with E-state index in [1.54, 1.807) is 0 Å². The first-order valence-electron chi connectivity index (χ1n) is 7.97. The van der Waals surface area contributed by atoms with Crippen molar-refractivity contribution in [2.75, 3.05) is 0 Å². The van der Waals surface area contributed by atoms with Gasteiger partial charge in [0.1, 0.15) is 11.6 Å². The number of benzene rings is 2. The van der Waals surface area contributed by atoms with E-state index in [2.05, 4.69) is 6.92 Å². The minimum absolute atomic E-state index is 0.363. The van der Waals surface area contributed by atoms with Crippen LogP contribution in [0.25, 0.3) is 11.1 Å². The Morgan fingerprint density at radius 3 is 2.57 bits per heavy atom. The second kappa shape index (κ2) is 6.34. The van der Waals surface area contributed by atoms with Crippen molar-refractivity contribution >= 4 is 0 Å². The normalized spacial score (nSPS) is 17.2. The van der Waals surface area contributed by atoms with Gasteiger partial charge in [0, 0.05) is 5.56 Å². The summed E-state index contributed by atoms with van der Waals surface area (Å²) in [6, 6.07) is 4.68. The molecular weight excluding hydrogens is 304 g/mol. The highest BCUT2D eigenvalue weighted by molar-refractivity contribution is 5.67. The van der Waals surface area contributed by atoms with E-state index in [0.29, 0.717) is 29.9 Å². The Kier molecular flexibility index (Phi) is 4.42. The monoisotopic (exact) mass is 322 g/mol. The van der Waals surface area contributed by atoms with E-state index >= 15 is 0 Å². The highest BCUT2D eigenvalue weighted by Crippen LogP contribution is 2.37. The third kappa shape index (κ3) is 2.87. The largest absolute Gasteiger partial charge is 0.206 e. The van der Waals surface area contributed by atoms with Gasteiger partial charge in [0.2, 0.25) is 0 Å². The number of fused-ring (bicyclic) bond motifs is 1. The number of hydrogen-bond acceptors (Lipinski definition) is 0. The van der Waals surface area contributed by atoms with Gasteiger partial charge in [-0.05, 0) is 48.4 Å². The summed E-state index contributed by atoms with van der Waals surface area (Å²) >= 11 is 0. The molecule has 4 heteroatoms. The average Bonchev–Trinajstić information content (AvgIpc) is 2.51. The first-order chi connectivity index (χ1) is 11.0. The Hall–Kier alpha value is -1.84. The van der Waals surface area contributed by atoms with Crippen LogP contribution in [0.3, 0.4) is 0 Å². The van der Waals surface area contributed by atoms with Crippen molar-refractivity contribution in [3.05, 3.63) is 58.7 Å². The summed E-state index contributed by atoms with van der Waals surface area (Å²) in [6.45, 7) is 2.09. The van der Waals surface area contributed by atoms with Gasteiger partial charge in [0.05, 0.1) is 5.56 Å². The van der Waals surface area contributed by atoms with Gasteiger partial charge in [0.25, 0.3) is 0 Å². The molecule has 0 nitrogen and oxygen atoms in total. The van der Waals surface area contributed by atoms with Crippen LogP contribution in [-0.4, -0.2) is 0 Å². The molecule has 3 rings (SSSR count). The minimum Gasteiger partial charge on any atom is -0.206 e. The fraction of sp³-hybridized carbons (Fsp3) is 0.368. The summed E-state index contributed by atoms with van der Waals surface area (Å²) in [6.07, 6.45) is 4.06. The highest BCUT2D eigenvalue weighted by Gasteiger charge is 2.27. The van der Waals surface area contributed by atoms with Crippen molar-refractivity contribution in [2.45, 2.75) is 39.0 Å². The summed E-state index contributed by atoms with van der Waals surface area (Å²) in [7, 11) is 0. The molecule has 2 aromatic carbocycles. The Morgan fingerprint density at radius 2 is 1.83 bits per heavy atom. The molecule has 1 unspecified atom stereocenters. The fourth-order valence-electron chi connectivity index (χ4n) is 3.52. The van der Waals surface area contributed by atoms with Crippen molar-refractivity contribution in [2.24, 2.45) is 5.92 Å². The van der Waals surface area contributed by atoms with Crippen molar-refractivity contribution in [1.29, 1.82) is 0 Å². The molecular formula is C19H18F4. The van der Waals surface area contributed by atoms with Crippen LogP contribution in [0.5, 0.6) is 0 Å². The second-order valence-electron chi connectivity index (χ2n) is 6.18. The molecule has 0 amide bonds. The molecule has 0 heterocycles. The molecule has 122 valence electrons. The molecule has 1 aliphatic carbocycles. The van der Waals surface area contributed by atoms with Crippen molar-refractivity contribution in [1.82, 2.24) is 0 Å². The van der Waals surface area contributed by atoms with Gasteiger partial charge in [0.15, 0.2) is 11.6 Å². The predicted octanol–water partition coefficient (Wildman–Crippen LogP) is 5.82. The summed E-state index contributed by atoms with van der Waals surface area (Å²) in [5.41, 5.74) is 0.274.